The molecule has 34 heavy (non-hydrogen) atoms. The predicted molar refractivity (Wildman–Crippen MR) is 134 cm³/mol. The van der Waals surface area contributed by atoms with E-state index >= 15 is 0 Å². The minimum atomic E-state index is -0.686. The molecule has 0 aromatic heterocycles. The number of benzene rings is 3. The Hall–Kier alpha value is -3.64. The van der Waals surface area contributed by atoms with Gasteiger partial charge in [-0.25, -0.2) is 0 Å². The fourth-order valence-electron chi connectivity index (χ4n) is 4.45. The van der Waals surface area contributed by atoms with Gasteiger partial charge < -0.3 is 19.6 Å². The van der Waals surface area contributed by atoms with Crippen LogP contribution in [0.2, 0.25) is 0 Å². The summed E-state index contributed by atoms with van der Waals surface area (Å²) in [7, 11) is 3.94. The summed E-state index contributed by atoms with van der Waals surface area (Å²) in [6, 6.07) is 20.1. The maximum atomic E-state index is 13.2. The van der Waals surface area contributed by atoms with Crippen molar-refractivity contribution in [1.29, 1.82) is 0 Å². The second-order valence-electron chi connectivity index (χ2n) is 8.72. The van der Waals surface area contributed by atoms with E-state index in [0.29, 0.717) is 30.9 Å². The van der Waals surface area contributed by atoms with Crippen LogP contribution in [0.1, 0.15) is 30.5 Å². The smallest absolute Gasteiger partial charge is 0.295 e. The molecular weight excluding hydrogens is 428 g/mol. The van der Waals surface area contributed by atoms with Crippen LogP contribution >= 0.6 is 0 Å². The molecule has 1 N–H and O–H groups in total. The van der Waals surface area contributed by atoms with Crippen LogP contribution in [0, 0.1) is 0 Å². The number of aliphatic hydroxyl groups is 1. The molecule has 0 saturated carbocycles. The van der Waals surface area contributed by atoms with E-state index in [1.165, 1.54) is 0 Å². The maximum Gasteiger partial charge on any atom is 0.295 e. The third-order valence-corrected chi connectivity index (χ3v) is 6.05. The van der Waals surface area contributed by atoms with Gasteiger partial charge in [0.1, 0.15) is 11.5 Å². The molecule has 1 aliphatic rings. The van der Waals surface area contributed by atoms with E-state index in [2.05, 4.69) is 0 Å². The summed E-state index contributed by atoms with van der Waals surface area (Å²) < 4.78 is 5.66. The number of hydrogen-bond donors (Lipinski definition) is 1. The first-order valence-electron chi connectivity index (χ1n) is 11.6. The van der Waals surface area contributed by atoms with E-state index in [1.54, 1.807) is 11.0 Å². The number of carbonyl (C=O) groups excluding carboxylic acids is 2. The molecule has 1 heterocycles. The number of ketones is 1. The Morgan fingerprint density at radius 1 is 1.00 bits per heavy atom. The molecule has 4 rings (SSSR count). The number of rotatable bonds is 8. The number of amides is 1. The van der Waals surface area contributed by atoms with Crippen LogP contribution in [0.15, 0.2) is 72.3 Å². The highest BCUT2D eigenvalue weighted by molar-refractivity contribution is 6.46. The molecule has 1 fully saturated rings. The van der Waals surface area contributed by atoms with Gasteiger partial charge in [-0.3, -0.25) is 9.59 Å². The summed E-state index contributed by atoms with van der Waals surface area (Å²) in [5.41, 5.74) is 1.35. The van der Waals surface area contributed by atoms with Crippen molar-refractivity contribution >= 4 is 28.2 Å². The standard InChI is InChI=1S/C28H30N2O4/c1-4-34-23-12-7-11-21(18-23)25-24(27(32)28(33)30(25)16-8-15-29(2)3)26(31)22-14-13-19-9-5-6-10-20(19)17-22/h5-7,9-14,17-18,25,31H,4,8,15-16H2,1-3H3/b26-24-. The van der Waals surface area contributed by atoms with Crippen LogP contribution in [0.4, 0.5) is 0 Å². The molecular formula is C28H30N2O4. The van der Waals surface area contributed by atoms with Crippen LogP contribution in [0.5, 0.6) is 5.75 Å². The van der Waals surface area contributed by atoms with Crippen LogP contribution in [-0.4, -0.2) is 60.4 Å². The fraction of sp³-hybridized carbons (Fsp3) is 0.286. The van der Waals surface area contributed by atoms with Gasteiger partial charge in [0.15, 0.2) is 0 Å². The Morgan fingerprint density at radius 2 is 1.76 bits per heavy atom. The summed E-state index contributed by atoms with van der Waals surface area (Å²) in [5.74, 6) is -0.758. The molecule has 3 aromatic rings. The van der Waals surface area contributed by atoms with Crippen molar-refractivity contribution in [2.75, 3.05) is 33.8 Å². The van der Waals surface area contributed by atoms with Crippen molar-refractivity contribution in [3.05, 3.63) is 83.4 Å². The molecule has 1 saturated heterocycles. The van der Waals surface area contributed by atoms with E-state index in [9.17, 15) is 14.7 Å². The van der Waals surface area contributed by atoms with Gasteiger partial charge in [-0.15, -0.1) is 0 Å². The van der Waals surface area contributed by atoms with E-state index in [4.69, 9.17) is 4.74 Å². The first-order valence-corrected chi connectivity index (χ1v) is 11.6. The number of nitrogens with zero attached hydrogens (tertiary/aromatic N) is 2. The van der Waals surface area contributed by atoms with E-state index in [-0.39, 0.29) is 11.3 Å². The number of aliphatic hydroxyl groups excluding tert-OH is 1. The average Bonchev–Trinajstić information content (AvgIpc) is 3.08. The van der Waals surface area contributed by atoms with Crippen LogP contribution in [0.3, 0.4) is 0 Å². The largest absolute Gasteiger partial charge is 0.507 e. The zero-order valence-corrected chi connectivity index (χ0v) is 19.8. The minimum Gasteiger partial charge on any atom is -0.507 e. The number of carbonyl (C=O) groups is 2. The summed E-state index contributed by atoms with van der Waals surface area (Å²) in [4.78, 5) is 30.0. The second kappa shape index (κ2) is 10.1. The summed E-state index contributed by atoms with van der Waals surface area (Å²) in [6.45, 7) is 3.59. The third kappa shape index (κ3) is 4.68. The van der Waals surface area contributed by atoms with Crippen molar-refractivity contribution in [3.8, 4) is 5.75 Å². The molecule has 6 nitrogen and oxygen atoms in total. The van der Waals surface area contributed by atoms with Gasteiger partial charge >= 0.3 is 0 Å². The van der Waals surface area contributed by atoms with Crippen molar-refractivity contribution in [2.24, 2.45) is 0 Å². The minimum absolute atomic E-state index is 0.110. The Bertz CT molecular complexity index is 1250. The fourth-order valence-corrected chi connectivity index (χ4v) is 4.45. The van der Waals surface area contributed by atoms with E-state index < -0.39 is 17.7 Å². The number of Topliss-reactive ketones (excluding diaryl/α,β-unsaturated/α-hetero) is 1. The molecule has 1 aliphatic heterocycles. The van der Waals surface area contributed by atoms with Crippen LogP contribution < -0.4 is 4.74 Å². The zero-order valence-electron chi connectivity index (χ0n) is 19.8. The third-order valence-electron chi connectivity index (χ3n) is 6.05. The molecule has 3 aromatic carbocycles. The van der Waals surface area contributed by atoms with E-state index in [1.807, 2.05) is 86.6 Å². The summed E-state index contributed by atoms with van der Waals surface area (Å²) >= 11 is 0. The number of hydrogen-bond acceptors (Lipinski definition) is 5. The van der Waals surface area contributed by atoms with Gasteiger partial charge in [-0.2, -0.15) is 0 Å². The quantitative estimate of drug-likeness (QED) is 0.303. The molecule has 6 heteroatoms. The zero-order chi connectivity index (χ0) is 24.2. The van der Waals surface area contributed by atoms with Crippen LogP contribution in [0.25, 0.3) is 16.5 Å². The number of likely N-dealkylation sites (tertiary alicyclic amines) is 1. The Morgan fingerprint density at radius 3 is 2.50 bits per heavy atom. The first kappa shape index (κ1) is 23.5. The van der Waals surface area contributed by atoms with Gasteiger partial charge in [0.2, 0.25) is 0 Å². The molecule has 1 atom stereocenters. The van der Waals surface area contributed by atoms with Crippen molar-refractivity contribution < 1.29 is 19.4 Å². The Balaban J connectivity index is 1.82. The maximum absolute atomic E-state index is 13.2. The highest BCUT2D eigenvalue weighted by atomic mass is 16.5. The van der Waals surface area contributed by atoms with Gasteiger partial charge in [0, 0.05) is 12.1 Å². The summed E-state index contributed by atoms with van der Waals surface area (Å²) in [6.07, 6.45) is 0.706. The number of fused-ring (bicyclic) bond motifs is 1. The van der Waals surface area contributed by atoms with Gasteiger partial charge in [0.25, 0.3) is 11.7 Å². The van der Waals surface area contributed by atoms with Gasteiger partial charge in [0.05, 0.1) is 18.2 Å². The molecule has 0 aliphatic carbocycles. The normalized spacial score (nSPS) is 17.6. The average molecular weight is 459 g/mol. The predicted octanol–water partition coefficient (Wildman–Crippen LogP) is 4.61. The first-order chi connectivity index (χ1) is 16.4. The van der Waals surface area contributed by atoms with E-state index in [0.717, 1.165) is 22.9 Å². The topological polar surface area (TPSA) is 70.1 Å². The molecule has 1 amide bonds. The lowest BCUT2D eigenvalue weighted by molar-refractivity contribution is -0.139. The number of ether oxygens (including phenoxy) is 1. The molecule has 176 valence electrons. The SMILES string of the molecule is CCOc1cccc(C2/C(=C(/O)c3ccc4ccccc4c3)C(=O)C(=O)N2CCCN(C)C)c1. The lowest BCUT2D eigenvalue weighted by Crippen LogP contribution is -2.32. The Kier molecular flexibility index (Phi) is 6.98. The summed E-state index contributed by atoms with van der Waals surface area (Å²) in [5, 5.41) is 13.3. The van der Waals surface area contributed by atoms with Crippen molar-refractivity contribution in [1.82, 2.24) is 9.80 Å². The lowest BCUT2D eigenvalue weighted by atomic mass is 9.94. The van der Waals surface area contributed by atoms with Gasteiger partial charge in [-0.05, 0) is 68.5 Å². The highest BCUT2D eigenvalue weighted by Gasteiger charge is 2.45. The Labute approximate surface area is 200 Å². The van der Waals surface area contributed by atoms with Crippen molar-refractivity contribution in [3.63, 3.8) is 0 Å². The lowest BCUT2D eigenvalue weighted by Gasteiger charge is -2.26. The van der Waals surface area contributed by atoms with Gasteiger partial charge in [-0.1, -0.05) is 48.5 Å². The van der Waals surface area contributed by atoms with Crippen molar-refractivity contribution in [2.45, 2.75) is 19.4 Å². The monoisotopic (exact) mass is 458 g/mol. The highest BCUT2D eigenvalue weighted by Crippen LogP contribution is 2.40. The van der Waals surface area contributed by atoms with Crippen LogP contribution in [-0.2, 0) is 9.59 Å². The molecule has 0 radical (unpaired) electrons. The molecule has 0 spiro atoms. The molecule has 0 bridgehead atoms. The second-order valence-corrected chi connectivity index (χ2v) is 8.72. The molecule has 1 unspecified atom stereocenters.